The predicted molar refractivity (Wildman–Crippen MR) is 104 cm³/mol. The third-order valence-electron chi connectivity index (χ3n) is 5.17. The summed E-state index contributed by atoms with van der Waals surface area (Å²) in [6.45, 7) is 2.32. The molecule has 1 aliphatic rings. The summed E-state index contributed by atoms with van der Waals surface area (Å²) in [6.07, 6.45) is -0.794. The molecule has 0 bridgehead atoms. The minimum Gasteiger partial charge on any atom is -0.361 e. The maximum atomic E-state index is 13.3. The van der Waals surface area contributed by atoms with Gasteiger partial charge in [0.15, 0.2) is 5.82 Å². The van der Waals surface area contributed by atoms with Gasteiger partial charge >= 0.3 is 6.18 Å². The minimum absolute atomic E-state index is 0.00393. The van der Waals surface area contributed by atoms with Crippen LogP contribution in [0.4, 0.5) is 13.2 Å². The molecule has 1 saturated heterocycles. The van der Waals surface area contributed by atoms with Crippen LogP contribution in [0.5, 0.6) is 0 Å². The zero-order valence-electron chi connectivity index (χ0n) is 16.1. The Kier molecular flexibility index (Phi) is 5.59. The Hall–Kier alpha value is -2.75. The average Bonchev–Trinajstić information content (AvgIpc) is 3.37. The van der Waals surface area contributed by atoms with Crippen molar-refractivity contribution in [3.8, 4) is 10.7 Å². The largest absolute Gasteiger partial charge is 0.394 e. The maximum Gasteiger partial charge on any atom is 0.394 e. The second-order valence-corrected chi connectivity index (χ2v) is 8.25. The summed E-state index contributed by atoms with van der Waals surface area (Å²) in [5.41, 5.74) is 0.379. The Morgan fingerprint density at radius 1 is 1.30 bits per heavy atom. The van der Waals surface area contributed by atoms with Crippen LogP contribution in [0.3, 0.4) is 0 Å². The fraction of sp³-hybridized carbons (Fsp3) is 0.400. The number of carbonyl (C=O) groups excluding carboxylic acids is 1. The summed E-state index contributed by atoms with van der Waals surface area (Å²) in [5.74, 6) is 0.528. The van der Waals surface area contributed by atoms with Crippen molar-refractivity contribution in [1.82, 2.24) is 20.0 Å². The van der Waals surface area contributed by atoms with Crippen LogP contribution in [0.15, 0.2) is 40.5 Å². The minimum atomic E-state index is -4.34. The number of nitrogens with zero attached hydrogens (tertiary/aromatic N) is 4. The van der Waals surface area contributed by atoms with E-state index in [-0.39, 0.29) is 23.6 Å². The number of hydrogen-bond acceptors (Lipinski definition) is 6. The smallest absolute Gasteiger partial charge is 0.361 e. The Bertz CT molecular complexity index is 1020. The van der Waals surface area contributed by atoms with E-state index in [1.165, 1.54) is 17.4 Å². The summed E-state index contributed by atoms with van der Waals surface area (Å²) in [4.78, 5) is 24.2. The lowest BCUT2D eigenvalue weighted by molar-refractivity contribution is -0.128. The lowest BCUT2D eigenvalue weighted by Crippen LogP contribution is -2.44. The molecule has 4 heterocycles. The molecule has 3 aromatic rings. The van der Waals surface area contributed by atoms with Gasteiger partial charge in [-0.2, -0.15) is 13.2 Å². The van der Waals surface area contributed by atoms with Gasteiger partial charge in [0.25, 0.3) is 5.91 Å². The van der Waals surface area contributed by atoms with Crippen molar-refractivity contribution in [3.63, 3.8) is 0 Å². The summed E-state index contributed by atoms with van der Waals surface area (Å²) in [6, 6.07) is 4.81. The van der Waals surface area contributed by atoms with Gasteiger partial charge in [0, 0.05) is 37.0 Å². The molecule has 1 aliphatic heterocycles. The Morgan fingerprint density at radius 2 is 2.07 bits per heavy atom. The van der Waals surface area contributed by atoms with Crippen LogP contribution in [-0.4, -0.2) is 44.7 Å². The third kappa shape index (κ3) is 4.38. The molecule has 6 nitrogen and oxygen atoms in total. The number of aromatic nitrogens is 3. The molecule has 2 atom stereocenters. The van der Waals surface area contributed by atoms with Crippen molar-refractivity contribution in [2.24, 2.45) is 0 Å². The van der Waals surface area contributed by atoms with Crippen LogP contribution < -0.4 is 0 Å². The van der Waals surface area contributed by atoms with Crippen molar-refractivity contribution in [2.75, 3.05) is 6.54 Å². The first-order valence-electron chi connectivity index (χ1n) is 9.50. The highest BCUT2D eigenvalue weighted by Gasteiger charge is 2.35. The number of thiophene rings is 1. The van der Waals surface area contributed by atoms with Gasteiger partial charge in [-0.25, -0.2) is 9.97 Å². The monoisotopic (exact) mass is 436 g/mol. The van der Waals surface area contributed by atoms with Crippen molar-refractivity contribution < 1.29 is 22.5 Å². The van der Waals surface area contributed by atoms with E-state index in [0.29, 0.717) is 41.4 Å². The molecule has 0 aromatic carbocycles. The van der Waals surface area contributed by atoms with E-state index < -0.39 is 12.6 Å². The van der Waals surface area contributed by atoms with Crippen LogP contribution in [-0.2, 0) is 6.42 Å². The van der Waals surface area contributed by atoms with Gasteiger partial charge in [-0.15, -0.1) is 11.3 Å². The van der Waals surface area contributed by atoms with Crippen LogP contribution in [0, 0.1) is 0 Å². The highest BCUT2D eigenvalue weighted by molar-refractivity contribution is 7.14. The van der Waals surface area contributed by atoms with Crippen LogP contribution in [0.2, 0.25) is 0 Å². The standard InChI is InChI=1S/C20H19F3N4O2S/c1-12-3-4-13(16-9-14(26-29-16)10-20(21,22)23)11-27(12)19(28)15-5-8-30-17(15)18-24-6-2-7-25-18/h2,5-9,12-13H,3-4,10-11H2,1H3/t12-,13?/m1/s1. The van der Waals surface area contributed by atoms with Gasteiger partial charge in [0.05, 0.1) is 22.6 Å². The van der Waals surface area contributed by atoms with E-state index in [0.717, 1.165) is 0 Å². The van der Waals surface area contributed by atoms with Crippen LogP contribution in [0.25, 0.3) is 10.7 Å². The number of rotatable bonds is 4. The normalized spacial score (nSPS) is 19.8. The molecule has 0 radical (unpaired) electrons. The summed E-state index contributed by atoms with van der Waals surface area (Å²) in [7, 11) is 0. The molecule has 0 saturated carbocycles. The molecule has 0 aliphatic carbocycles. The van der Waals surface area contributed by atoms with Crippen LogP contribution in [0.1, 0.15) is 47.5 Å². The van der Waals surface area contributed by atoms with E-state index in [1.54, 1.807) is 29.4 Å². The Labute approximate surface area is 174 Å². The number of likely N-dealkylation sites (tertiary alicyclic amines) is 1. The number of carbonyl (C=O) groups is 1. The fourth-order valence-electron chi connectivity index (χ4n) is 3.65. The van der Waals surface area contributed by atoms with Gasteiger partial charge in [-0.1, -0.05) is 5.16 Å². The third-order valence-corrected chi connectivity index (χ3v) is 6.08. The SMILES string of the molecule is C[C@@H]1CCC(c2cc(CC(F)(F)F)no2)CN1C(=O)c1ccsc1-c1ncccn1. The molecule has 0 spiro atoms. The highest BCUT2D eigenvalue weighted by Crippen LogP contribution is 2.34. The molecule has 1 amide bonds. The van der Waals surface area contributed by atoms with Gasteiger partial charge in [-0.05, 0) is 37.3 Å². The van der Waals surface area contributed by atoms with Crippen molar-refractivity contribution in [2.45, 2.75) is 44.3 Å². The van der Waals surface area contributed by atoms with Gasteiger partial charge in [-0.3, -0.25) is 4.79 Å². The van der Waals surface area contributed by atoms with E-state index in [1.807, 2.05) is 12.3 Å². The molecule has 3 aromatic heterocycles. The molecular weight excluding hydrogens is 417 g/mol. The molecule has 1 fully saturated rings. The molecule has 10 heteroatoms. The summed E-state index contributed by atoms with van der Waals surface area (Å²) >= 11 is 1.39. The summed E-state index contributed by atoms with van der Waals surface area (Å²) < 4.78 is 43.0. The number of hydrogen-bond donors (Lipinski definition) is 0. The lowest BCUT2D eigenvalue weighted by atomic mass is 9.90. The predicted octanol–water partition coefficient (Wildman–Crippen LogP) is 4.71. The van der Waals surface area contributed by atoms with E-state index >= 15 is 0 Å². The number of alkyl halides is 3. The molecule has 30 heavy (non-hydrogen) atoms. The van der Waals surface area contributed by atoms with Crippen molar-refractivity contribution in [3.05, 3.63) is 53.0 Å². The van der Waals surface area contributed by atoms with Crippen LogP contribution >= 0.6 is 11.3 Å². The first kappa shape index (κ1) is 20.5. The van der Waals surface area contributed by atoms with Crippen molar-refractivity contribution >= 4 is 17.2 Å². The Balaban J connectivity index is 1.54. The van der Waals surface area contributed by atoms with E-state index in [4.69, 9.17) is 4.52 Å². The topological polar surface area (TPSA) is 72.1 Å². The zero-order chi connectivity index (χ0) is 21.3. The second kappa shape index (κ2) is 8.17. The van der Waals surface area contributed by atoms with Gasteiger partial charge in [0.1, 0.15) is 5.76 Å². The second-order valence-electron chi connectivity index (χ2n) is 7.33. The zero-order valence-corrected chi connectivity index (χ0v) is 16.9. The fourth-order valence-corrected chi connectivity index (χ4v) is 4.49. The van der Waals surface area contributed by atoms with E-state index in [9.17, 15) is 18.0 Å². The quantitative estimate of drug-likeness (QED) is 0.593. The van der Waals surface area contributed by atoms with Gasteiger partial charge < -0.3 is 9.42 Å². The number of amides is 1. The first-order chi connectivity index (χ1) is 14.3. The maximum absolute atomic E-state index is 13.3. The molecular formula is C20H19F3N4O2S. The lowest BCUT2D eigenvalue weighted by Gasteiger charge is -2.37. The molecule has 0 N–H and O–H groups in total. The van der Waals surface area contributed by atoms with Crippen molar-refractivity contribution in [1.29, 1.82) is 0 Å². The van der Waals surface area contributed by atoms with Gasteiger partial charge in [0.2, 0.25) is 0 Å². The number of piperidine rings is 1. The first-order valence-corrected chi connectivity index (χ1v) is 10.4. The Morgan fingerprint density at radius 3 is 2.80 bits per heavy atom. The molecule has 158 valence electrons. The average molecular weight is 436 g/mol. The molecule has 4 rings (SSSR count). The van der Waals surface area contributed by atoms with E-state index in [2.05, 4.69) is 15.1 Å². The highest BCUT2D eigenvalue weighted by atomic mass is 32.1. The summed E-state index contributed by atoms with van der Waals surface area (Å²) in [5, 5.41) is 5.38. The number of halogens is 3. The molecule has 1 unspecified atom stereocenters.